The molecule has 2 rings (SSSR count). The zero-order valence-corrected chi connectivity index (χ0v) is 9.55. The summed E-state index contributed by atoms with van der Waals surface area (Å²) in [7, 11) is 1.46. The van der Waals surface area contributed by atoms with Crippen molar-refractivity contribution in [1.82, 2.24) is 0 Å². The molecular formula is C10H9BrFNO2. The van der Waals surface area contributed by atoms with Gasteiger partial charge in [-0.2, -0.15) is 0 Å². The number of benzene rings is 1. The predicted octanol–water partition coefficient (Wildman–Crippen LogP) is 2.26. The summed E-state index contributed by atoms with van der Waals surface area (Å²) in [5.74, 6) is -0.371. The lowest BCUT2D eigenvalue weighted by Crippen LogP contribution is -2.13. The van der Waals surface area contributed by atoms with Crippen LogP contribution in [0.15, 0.2) is 12.1 Å². The summed E-state index contributed by atoms with van der Waals surface area (Å²) in [6.45, 7) is 0. The molecule has 0 amide bonds. The molecule has 0 fully saturated rings. The number of halogens is 2. The van der Waals surface area contributed by atoms with Crippen LogP contribution >= 0.6 is 15.9 Å². The molecule has 1 N–H and O–H groups in total. The van der Waals surface area contributed by atoms with Crippen LogP contribution in [0.25, 0.3) is 0 Å². The fraction of sp³-hybridized carbons (Fsp3) is 0.300. The molecular weight excluding hydrogens is 265 g/mol. The van der Waals surface area contributed by atoms with Gasteiger partial charge in [0, 0.05) is 6.07 Å². The number of ether oxygens (including phenoxy) is 1. The molecule has 2 unspecified atom stereocenters. The Morgan fingerprint density at radius 3 is 2.93 bits per heavy atom. The van der Waals surface area contributed by atoms with Gasteiger partial charge in [-0.25, -0.2) is 4.39 Å². The van der Waals surface area contributed by atoms with E-state index in [-0.39, 0.29) is 10.9 Å². The van der Waals surface area contributed by atoms with E-state index in [0.717, 1.165) is 6.29 Å². The molecule has 3 nitrogen and oxygen atoms in total. The van der Waals surface area contributed by atoms with Crippen molar-refractivity contribution in [3.8, 4) is 5.75 Å². The van der Waals surface area contributed by atoms with Gasteiger partial charge in [0.05, 0.1) is 23.7 Å². The van der Waals surface area contributed by atoms with Gasteiger partial charge in [0.2, 0.25) is 0 Å². The molecule has 0 saturated heterocycles. The van der Waals surface area contributed by atoms with Crippen LogP contribution < -0.4 is 10.1 Å². The van der Waals surface area contributed by atoms with E-state index in [1.54, 1.807) is 6.07 Å². The number of fused-ring (bicyclic) bond motifs is 1. The minimum Gasteiger partial charge on any atom is -0.497 e. The molecule has 1 aliphatic rings. The standard InChI is InChI=1S/C10H9BrFNO2/c1-15-5-2-6-7(4-14)10(11)13-9(6)8(12)3-5/h2-4,7,10,13H,1H3. The number of carbonyl (C=O) groups excluding carboxylic acids is 1. The molecule has 5 heteroatoms. The van der Waals surface area contributed by atoms with Crippen molar-refractivity contribution in [1.29, 1.82) is 0 Å². The van der Waals surface area contributed by atoms with E-state index in [0.29, 0.717) is 17.0 Å². The highest BCUT2D eigenvalue weighted by Gasteiger charge is 2.32. The van der Waals surface area contributed by atoms with Crippen LogP contribution in [0, 0.1) is 5.82 Å². The van der Waals surface area contributed by atoms with Gasteiger partial charge in [-0.1, -0.05) is 15.9 Å². The van der Waals surface area contributed by atoms with Crippen LogP contribution in [0.5, 0.6) is 5.75 Å². The van der Waals surface area contributed by atoms with Gasteiger partial charge in [-0.15, -0.1) is 0 Å². The van der Waals surface area contributed by atoms with Crippen molar-refractivity contribution in [2.45, 2.75) is 10.9 Å². The molecule has 2 atom stereocenters. The highest BCUT2D eigenvalue weighted by molar-refractivity contribution is 9.09. The number of hydrogen-bond acceptors (Lipinski definition) is 3. The van der Waals surface area contributed by atoms with Gasteiger partial charge >= 0.3 is 0 Å². The van der Waals surface area contributed by atoms with Crippen molar-refractivity contribution in [3.05, 3.63) is 23.5 Å². The highest BCUT2D eigenvalue weighted by Crippen LogP contribution is 2.40. The molecule has 0 radical (unpaired) electrons. The Balaban J connectivity index is 2.54. The lowest BCUT2D eigenvalue weighted by Gasteiger charge is -2.06. The first-order chi connectivity index (χ1) is 7.17. The number of alkyl halides is 1. The van der Waals surface area contributed by atoms with Crippen molar-refractivity contribution in [3.63, 3.8) is 0 Å². The Morgan fingerprint density at radius 2 is 2.33 bits per heavy atom. The van der Waals surface area contributed by atoms with Gasteiger partial charge in [0.1, 0.15) is 17.9 Å². The Morgan fingerprint density at radius 1 is 1.60 bits per heavy atom. The average molecular weight is 274 g/mol. The van der Waals surface area contributed by atoms with Crippen LogP contribution in [0.3, 0.4) is 0 Å². The second-order valence-corrected chi connectivity index (χ2v) is 4.27. The number of hydrogen-bond donors (Lipinski definition) is 1. The monoisotopic (exact) mass is 273 g/mol. The molecule has 0 aliphatic carbocycles. The van der Waals surface area contributed by atoms with Gasteiger partial charge < -0.3 is 14.8 Å². The highest BCUT2D eigenvalue weighted by atomic mass is 79.9. The number of methoxy groups -OCH3 is 1. The van der Waals surface area contributed by atoms with Crippen molar-refractivity contribution < 1.29 is 13.9 Å². The van der Waals surface area contributed by atoms with E-state index in [1.165, 1.54) is 13.2 Å². The van der Waals surface area contributed by atoms with E-state index in [1.807, 2.05) is 0 Å². The Bertz CT molecular complexity index is 411. The first-order valence-electron chi connectivity index (χ1n) is 4.40. The largest absolute Gasteiger partial charge is 0.497 e. The zero-order chi connectivity index (χ0) is 11.0. The normalized spacial score (nSPS) is 23.1. The number of carbonyl (C=O) groups is 1. The number of anilines is 1. The van der Waals surface area contributed by atoms with Gasteiger partial charge in [-0.05, 0) is 11.6 Å². The van der Waals surface area contributed by atoms with Crippen LogP contribution in [-0.4, -0.2) is 18.3 Å². The third kappa shape index (κ3) is 1.61. The summed E-state index contributed by atoms with van der Waals surface area (Å²) in [4.78, 5) is 10.6. The quantitative estimate of drug-likeness (QED) is 0.510. The maximum Gasteiger partial charge on any atom is 0.150 e. The zero-order valence-electron chi connectivity index (χ0n) is 7.96. The molecule has 1 aromatic carbocycles. The molecule has 0 spiro atoms. The number of nitrogens with one attached hydrogen (secondary N) is 1. The van der Waals surface area contributed by atoms with Gasteiger partial charge in [-0.3, -0.25) is 0 Å². The minimum atomic E-state index is -0.404. The van der Waals surface area contributed by atoms with E-state index in [9.17, 15) is 9.18 Å². The van der Waals surface area contributed by atoms with Gasteiger partial charge in [0.25, 0.3) is 0 Å². The van der Waals surface area contributed by atoms with E-state index >= 15 is 0 Å². The fourth-order valence-electron chi connectivity index (χ4n) is 1.66. The minimum absolute atomic E-state index is 0.258. The smallest absolute Gasteiger partial charge is 0.150 e. The molecule has 15 heavy (non-hydrogen) atoms. The Hall–Kier alpha value is -1.10. The summed E-state index contributed by atoms with van der Waals surface area (Å²) in [6, 6.07) is 2.96. The van der Waals surface area contributed by atoms with E-state index < -0.39 is 5.82 Å². The Kier molecular flexibility index (Phi) is 2.65. The van der Waals surface area contributed by atoms with Crippen molar-refractivity contribution >= 4 is 27.9 Å². The maximum absolute atomic E-state index is 13.5. The van der Waals surface area contributed by atoms with E-state index in [4.69, 9.17) is 4.74 Å². The lowest BCUT2D eigenvalue weighted by atomic mass is 10.0. The van der Waals surface area contributed by atoms with E-state index in [2.05, 4.69) is 21.2 Å². The molecule has 1 aromatic rings. The predicted molar refractivity (Wildman–Crippen MR) is 58.1 cm³/mol. The van der Waals surface area contributed by atoms with Crippen molar-refractivity contribution in [2.75, 3.05) is 12.4 Å². The number of rotatable bonds is 2. The lowest BCUT2D eigenvalue weighted by molar-refractivity contribution is -0.108. The summed E-state index contributed by atoms with van der Waals surface area (Å²) < 4.78 is 18.5. The van der Waals surface area contributed by atoms with Crippen LogP contribution in [-0.2, 0) is 4.79 Å². The third-order valence-corrected chi connectivity index (χ3v) is 3.23. The third-order valence-electron chi connectivity index (χ3n) is 2.43. The fourth-order valence-corrected chi connectivity index (χ4v) is 2.30. The molecule has 0 bridgehead atoms. The molecule has 0 aromatic heterocycles. The molecule has 80 valence electrons. The summed E-state index contributed by atoms with van der Waals surface area (Å²) in [6.07, 6.45) is 0.789. The first kappa shape index (κ1) is 10.4. The Labute approximate surface area is 94.7 Å². The summed E-state index contributed by atoms with van der Waals surface area (Å²) in [5.41, 5.74) is 0.999. The second-order valence-electron chi connectivity index (χ2n) is 3.28. The average Bonchev–Trinajstić information content (AvgIpc) is 2.54. The molecule has 1 aliphatic heterocycles. The van der Waals surface area contributed by atoms with Crippen LogP contribution in [0.4, 0.5) is 10.1 Å². The first-order valence-corrected chi connectivity index (χ1v) is 5.32. The van der Waals surface area contributed by atoms with Crippen LogP contribution in [0.2, 0.25) is 0 Å². The second kappa shape index (κ2) is 3.81. The molecule has 0 saturated carbocycles. The van der Waals surface area contributed by atoms with Crippen molar-refractivity contribution in [2.24, 2.45) is 0 Å². The summed E-state index contributed by atoms with van der Waals surface area (Å²) in [5, 5.41) is 2.87. The maximum atomic E-state index is 13.5. The van der Waals surface area contributed by atoms with Gasteiger partial charge in [0.15, 0.2) is 0 Å². The van der Waals surface area contributed by atoms with Crippen LogP contribution in [0.1, 0.15) is 11.5 Å². The number of aldehydes is 1. The summed E-state index contributed by atoms with van der Waals surface area (Å²) >= 11 is 3.28. The SMILES string of the molecule is COc1cc(F)c2c(c1)C(C=O)C(Br)N2. The topological polar surface area (TPSA) is 38.3 Å². The molecule has 1 heterocycles.